The lowest BCUT2D eigenvalue weighted by Gasteiger charge is -2.13. The average molecular weight is 342 g/mol. The maximum atomic E-state index is 12.0. The molecule has 0 heterocycles. The molecule has 2 aromatic rings. The Bertz CT molecular complexity index is 755. The third kappa shape index (κ3) is 5.53. The maximum absolute atomic E-state index is 12.0. The summed E-state index contributed by atoms with van der Waals surface area (Å²) in [4.78, 5) is 22.8. The SMILES string of the molecule is Cc1cc(OC(C)C)ccc1NC(=O)NCc1ccc(C(=O)O)cc1. The van der Waals surface area contributed by atoms with Crippen LogP contribution in [0.3, 0.4) is 0 Å². The highest BCUT2D eigenvalue weighted by atomic mass is 16.5. The molecule has 3 N–H and O–H groups in total. The number of urea groups is 1. The molecule has 0 aromatic heterocycles. The van der Waals surface area contributed by atoms with E-state index in [1.807, 2.05) is 32.9 Å². The van der Waals surface area contributed by atoms with Crippen LogP contribution >= 0.6 is 0 Å². The van der Waals surface area contributed by atoms with Crippen molar-refractivity contribution in [2.45, 2.75) is 33.4 Å². The largest absolute Gasteiger partial charge is 0.491 e. The molecule has 0 aliphatic carbocycles. The summed E-state index contributed by atoms with van der Waals surface area (Å²) in [6.07, 6.45) is 0.0917. The third-order valence-electron chi connectivity index (χ3n) is 3.47. The highest BCUT2D eigenvalue weighted by Gasteiger charge is 2.07. The molecular formula is C19H22N2O4. The first kappa shape index (κ1) is 18.3. The highest BCUT2D eigenvalue weighted by Crippen LogP contribution is 2.22. The first-order valence-electron chi connectivity index (χ1n) is 7.99. The van der Waals surface area contributed by atoms with E-state index in [2.05, 4.69) is 10.6 Å². The minimum atomic E-state index is -0.974. The number of benzene rings is 2. The predicted molar refractivity (Wildman–Crippen MR) is 96.2 cm³/mol. The molecule has 0 atom stereocenters. The lowest BCUT2D eigenvalue weighted by Crippen LogP contribution is -2.28. The van der Waals surface area contributed by atoms with Crippen molar-refractivity contribution in [3.63, 3.8) is 0 Å². The number of hydrogen-bond donors (Lipinski definition) is 3. The second-order valence-electron chi connectivity index (χ2n) is 5.95. The van der Waals surface area contributed by atoms with Crippen LogP contribution < -0.4 is 15.4 Å². The fourth-order valence-electron chi connectivity index (χ4n) is 2.24. The van der Waals surface area contributed by atoms with E-state index in [0.29, 0.717) is 12.2 Å². The van der Waals surface area contributed by atoms with Crippen LogP contribution in [0, 0.1) is 6.92 Å². The van der Waals surface area contributed by atoms with Crippen molar-refractivity contribution in [1.82, 2.24) is 5.32 Å². The molecule has 0 radical (unpaired) electrons. The second-order valence-corrected chi connectivity index (χ2v) is 5.95. The van der Waals surface area contributed by atoms with E-state index in [0.717, 1.165) is 16.9 Å². The number of carbonyl (C=O) groups is 2. The van der Waals surface area contributed by atoms with E-state index in [4.69, 9.17) is 9.84 Å². The number of carboxylic acids is 1. The maximum Gasteiger partial charge on any atom is 0.335 e. The molecule has 0 aliphatic heterocycles. The van der Waals surface area contributed by atoms with Crippen molar-refractivity contribution < 1.29 is 19.4 Å². The van der Waals surface area contributed by atoms with Gasteiger partial charge >= 0.3 is 12.0 Å². The summed E-state index contributed by atoms with van der Waals surface area (Å²) in [7, 11) is 0. The van der Waals surface area contributed by atoms with E-state index in [1.54, 1.807) is 18.2 Å². The van der Waals surface area contributed by atoms with E-state index in [-0.39, 0.29) is 17.7 Å². The van der Waals surface area contributed by atoms with Crippen LogP contribution in [-0.2, 0) is 6.54 Å². The first-order chi connectivity index (χ1) is 11.8. The van der Waals surface area contributed by atoms with Crippen LogP contribution in [-0.4, -0.2) is 23.2 Å². The van der Waals surface area contributed by atoms with E-state index < -0.39 is 5.97 Å². The lowest BCUT2D eigenvalue weighted by molar-refractivity contribution is 0.0697. The van der Waals surface area contributed by atoms with E-state index >= 15 is 0 Å². The van der Waals surface area contributed by atoms with Crippen LogP contribution in [0.1, 0.15) is 35.3 Å². The van der Waals surface area contributed by atoms with Crippen LogP contribution in [0.5, 0.6) is 5.75 Å². The summed E-state index contributed by atoms with van der Waals surface area (Å²) < 4.78 is 5.62. The highest BCUT2D eigenvalue weighted by molar-refractivity contribution is 5.90. The van der Waals surface area contributed by atoms with Crippen LogP contribution in [0.2, 0.25) is 0 Å². The van der Waals surface area contributed by atoms with Gasteiger partial charge in [-0.1, -0.05) is 12.1 Å². The van der Waals surface area contributed by atoms with Gasteiger partial charge in [-0.05, 0) is 62.2 Å². The van der Waals surface area contributed by atoms with Gasteiger partial charge < -0.3 is 20.5 Å². The Morgan fingerprint density at radius 3 is 2.36 bits per heavy atom. The lowest BCUT2D eigenvalue weighted by atomic mass is 10.1. The number of carboxylic acid groups (broad SMARTS) is 1. The standard InChI is InChI=1S/C19H22N2O4/c1-12(2)25-16-8-9-17(13(3)10-16)21-19(24)20-11-14-4-6-15(7-5-14)18(22)23/h4-10,12H,11H2,1-3H3,(H,22,23)(H2,20,21,24). The number of hydrogen-bond acceptors (Lipinski definition) is 3. The van der Waals surface area contributed by atoms with Crippen molar-refractivity contribution in [1.29, 1.82) is 0 Å². The van der Waals surface area contributed by atoms with Gasteiger partial charge in [0.2, 0.25) is 0 Å². The summed E-state index contributed by atoms with van der Waals surface area (Å²) in [5.41, 5.74) is 2.64. The number of anilines is 1. The first-order valence-corrected chi connectivity index (χ1v) is 7.99. The molecule has 0 spiro atoms. The number of aryl methyl sites for hydroxylation is 1. The van der Waals surface area contributed by atoms with Gasteiger partial charge in [0.05, 0.1) is 11.7 Å². The molecule has 25 heavy (non-hydrogen) atoms. The molecule has 0 saturated heterocycles. The Morgan fingerprint density at radius 1 is 1.12 bits per heavy atom. The van der Waals surface area contributed by atoms with Gasteiger partial charge in [-0.25, -0.2) is 9.59 Å². The molecule has 0 unspecified atom stereocenters. The predicted octanol–water partition coefficient (Wildman–Crippen LogP) is 3.80. The van der Waals surface area contributed by atoms with Gasteiger partial charge in [0.1, 0.15) is 5.75 Å². The van der Waals surface area contributed by atoms with Crippen LogP contribution in [0.25, 0.3) is 0 Å². The zero-order chi connectivity index (χ0) is 18.4. The molecule has 132 valence electrons. The van der Waals surface area contributed by atoms with Crippen molar-refractivity contribution in [2.75, 3.05) is 5.32 Å². The minimum absolute atomic E-state index is 0.0917. The summed E-state index contributed by atoms with van der Waals surface area (Å²) in [5.74, 6) is -0.213. The molecule has 2 aromatic carbocycles. The molecule has 0 bridgehead atoms. The Hall–Kier alpha value is -3.02. The summed E-state index contributed by atoms with van der Waals surface area (Å²) >= 11 is 0. The van der Waals surface area contributed by atoms with Gasteiger partial charge in [-0.3, -0.25) is 0 Å². The zero-order valence-electron chi connectivity index (χ0n) is 14.5. The monoisotopic (exact) mass is 342 g/mol. The van der Waals surface area contributed by atoms with Gasteiger partial charge in [0.25, 0.3) is 0 Å². The van der Waals surface area contributed by atoms with Crippen molar-refractivity contribution in [3.05, 3.63) is 59.2 Å². The number of carbonyl (C=O) groups excluding carboxylic acids is 1. The summed E-state index contributed by atoms with van der Waals surface area (Å²) in [6, 6.07) is 11.5. The van der Waals surface area contributed by atoms with E-state index in [9.17, 15) is 9.59 Å². The fraction of sp³-hybridized carbons (Fsp3) is 0.263. The molecule has 2 amide bonds. The minimum Gasteiger partial charge on any atom is -0.491 e. The third-order valence-corrected chi connectivity index (χ3v) is 3.47. The Kier molecular flexibility index (Phi) is 6.00. The Balaban J connectivity index is 1.90. The fourth-order valence-corrected chi connectivity index (χ4v) is 2.24. The Labute approximate surface area is 146 Å². The topological polar surface area (TPSA) is 87.7 Å². The van der Waals surface area contributed by atoms with Gasteiger partial charge in [-0.2, -0.15) is 0 Å². The number of aromatic carboxylic acids is 1. The molecule has 6 heteroatoms. The van der Waals surface area contributed by atoms with Gasteiger partial charge in [0, 0.05) is 12.2 Å². The summed E-state index contributed by atoms with van der Waals surface area (Å²) in [5, 5.41) is 14.4. The number of rotatable bonds is 6. The van der Waals surface area contributed by atoms with Crippen molar-refractivity contribution >= 4 is 17.7 Å². The van der Waals surface area contributed by atoms with Crippen LogP contribution in [0.4, 0.5) is 10.5 Å². The number of nitrogens with one attached hydrogen (secondary N) is 2. The molecular weight excluding hydrogens is 320 g/mol. The van der Waals surface area contributed by atoms with Crippen LogP contribution in [0.15, 0.2) is 42.5 Å². The summed E-state index contributed by atoms with van der Waals surface area (Å²) in [6.45, 7) is 6.11. The van der Waals surface area contributed by atoms with Crippen molar-refractivity contribution in [2.24, 2.45) is 0 Å². The normalized spacial score (nSPS) is 10.4. The van der Waals surface area contributed by atoms with E-state index in [1.165, 1.54) is 12.1 Å². The quantitative estimate of drug-likeness (QED) is 0.745. The smallest absolute Gasteiger partial charge is 0.335 e. The van der Waals surface area contributed by atoms with Crippen molar-refractivity contribution in [3.8, 4) is 5.75 Å². The zero-order valence-corrected chi connectivity index (χ0v) is 14.5. The average Bonchev–Trinajstić information content (AvgIpc) is 2.55. The van der Waals surface area contributed by atoms with Gasteiger partial charge in [0.15, 0.2) is 0 Å². The molecule has 6 nitrogen and oxygen atoms in total. The Morgan fingerprint density at radius 2 is 1.80 bits per heavy atom. The molecule has 0 aliphatic rings. The molecule has 0 saturated carbocycles. The molecule has 0 fully saturated rings. The number of ether oxygens (including phenoxy) is 1. The van der Waals surface area contributed by atoms with Gasteiger partial charge in [-0.15, -0.1) is 0 Å². The number of amides is 2. The molecule has 2 rings (SSSR count). The second kappa shape index (κ2) is 8.19.